The molecular weight excluding hydrogens is 266 g/mol. The number of aromatic nitrogens is 1. The van der Waals surface area contributed by atoms with E-state index in [1.807, 2.05) is 19.1 Å². The number of nitrogens with zero attached hydrogens (tertiary/aromatic N) is 1. The lowest BCUT2D eigenvalue weighted by Crippen LogP contribution is -2.18. The molecule has 0 amide bonds. The van der Waals surface area contributed by atoms with E-state index in [0.29, 0.717) is 10.7 Å². The number of aromatic carboxylic acids is 1. The van der Waals surface area contributed by atoms with Gasteiger partial charge in [0.05, 0.1) is 0 Å². The maximum atomic E-state index is 11.6. The highest BCUT2D eigenvalue weighted by Crippen LogP contribution is 2.20. The third-order valence-electron chi connectivity index (χ3n) is 2.91. The molecule has 0 aliphatic carbocycles. The third kappa shape index (κ3) is 2.53. The fourth-order valence-electron chi connectivity index (χ4n) is 1.80. The van der Waals surface area contributed by atoms with Gasteiger partial charge in [0.25, 0.3) is 0 Å². The molecule has 98 valence electrons. The maximum absolute atomic E-state index is 11.6. The van der Waals surface area contributed by atoms with Gasteiger partial charge in [-0.05, 0) is 31.5 Å². The molecule has 1 aromatic heterocycles. The quantitative estimate of drug-likeness (QED) is 0.918. The van der Waals surface area contributed by atoms with Gasteiger partial charge in [0, 0.05) is 28.7 Å². The Morgan fingerprint density at radius 1 is 1.26 bits per heavy atom. The minimum Gasteiger partial charge on any atom is -0.477 e. The Balaban J connectivity index is 2.68. The first kappa shape index (κ1) is 13.4. The second-order valence-corrected chi connectivity index (χ2v) is 4.71. The first-order chi connectivity index (χ1) is 8.90. The highest BCUT2D eigenvalue weighted by molar-refractivity contribution is 6.31. The van der Waals surface area contributed by atoms with E-state index in [-0.39, 0.29) is 5.56 Å². The summed E-state index contributed by atoms with van der Waals surface area (Å²) < 4.78 is 1.64. The topological polar surface area (TPSA) is 59.3 Å². The van der Waals surface area contributed by atoms with Crippen molar-refractivity contribution in [3.8, 4) is 5.69 Å². The van der Waals surface area contributed by atoms with Gasteiger partial charge in [-0.2, -0.15) is 0 Å². The van der Waals surface area contributed by atoms with Crippen molar-refractivity contribution in [2.45, 2.75) is 13.8 Å². The number of carboxylic acid groups (broad SMARTS) is 1. The highest BCUT2D eigenvalue weighted by atomic mass is 35.5. The molecule has 2 aromatic rings. The molecule has 0 fully saturated rings. The van der Waals surface area contributed by atoms with E-state index >= 15 is 0 Å². The van der Waals surface area contributed by atoms with E-state index < -0.39 is 11.4 Å². The molecule has 0 aliphatic rings. The second kappa shape index (κ2) is 4.90. The number of carbonyl (C=O) groups is 1. The Morgan fingerprint density at radius 3 is 2.53 bits per heavy atom. The predicted molar refractivity (Wildman–Crippen MR) is 73.5 cm³/mol. The predicted octanol–water partition coefficient (Wildman–Crippen LogP) is 2.81. The lowest BCUT2D eigenvalue weighted by atomic mass is 10.2. The van der Waals surface area contributed by atoms with Crippen molar-refractivity contribution in [3.05, 3.63) is 62.5 Å². The molecule has 0 aliphatic heterocycles. The molecule has 1 N–H and O–H groups in total. The Hall–Kier alpha value is -2.07. The van der Waals surface area contributed by atoms with Gasteiger partial charge in [-0.15, -0.1) is 0 Å². The Morgan fingerprint density at radius 2 is 1.95 bits per heavy atom. The van der Waals surface area contributed by atoms with Crippen molar-refractivity contribution in [3.63, 3.8) is 0 Å². The number of halogens is 1. The van der Waals surface area contributed by atoms with E-state index in [4.69, 9.17) is 16.7 Å². The Bertz CT molecular complexity index is 719. The molecule has 1 heterocycles. The van der Waals surface area contributed by atoms with Crippen LogP contribution in [0.25, 0.3) is 5.69 Å². The van der Waals surface area contributed by atoms with Crippen LogP contribution in [-0.4, -0.2) is 15.6 Å². The molecule has 1 aromatic carbocycles. The number of carboxylic acids is 1. The summed E-state index contributed by atoms with van der Waals surface area (Å²) in [7, 11) is 0. The smallest absolute Gasteiger partial charge is 0.341 e. The highest BCUT2D eigenvalue weighted by Gasteiger charge is 2.11. The summed E-state index contributed by atoms with van der Waals surface area (Å²) in [5.41, 5.74) is 1.54. The van der Waals surface area contributed by atoms with Gasteiger partial charge >= 0.3 is 5.97 Å². The van der Waals surface area contributed by atoms with E-state index in [9.17, 15) is 9.59 Å². The van der Waals surface area contributed by atoms with Crippen LogP contribution in [0, 0.1) is 13.8 Å². The van der Waals surface area contributed by atoms with Gasteiger partial charge in [-0.25, -0.2) is 4.79 Å². The second-order valence-electron chi connectivity index (χ2n) is 4.30. The van der Waals surface area contributed by atoms with Gasteiger partial charge < -0.3 is 9.67 Å². The minimum atomic E-state index is -1.24. The van der Waals surface area contributed by atoms with E-state index in [1.54, 1.807) is 17.6 Å². The Labute approximate surface area is 114 Å². The van der Waals surface area contributed by atoms with Crippen LogP contribution in [-0.2, 0) is 0 Å². The molecule has 0 atom stereocenters. The lowest BCUT2D eigenvalue weighted by molar-refractivity contribution is 0.0695. The summed E-state index contributed by atoms with van der Waals surface area (Å²) in [6, 6.07) is 6.71. The monoisotopic (exact) mass is 277 g/mol. The van der Waals surface area contributed by atoms with E-state index in [2.05, 4.69) is 0 Å². The van der Waals surface area contributed by atoms with Crippen molar-refractivity contribution in [1.82, 2.24) is 4.57 Å². The average molecular weight is 278 g/mol. The average Bonchev–Trinajstić information content (AvgIpc) is 2.32. The summed E-state index contributed by atoms with van der Waals surface area (Å²) in [5.74, 6) is -1.24. The van der Waals surface area contributed by atoms with Gasteiger partial charge in [-0.3, -0.25) is 4.79 Å². The number of hydrogen-bond acceptors (Lipinski definition) is 2. The molecule has 0 radical (unpaired) electrons. The minimum absolute atomic E-state index is 0.262. The van der Waals surface area contributed by atoms with Crippen LogP contribution < -0.4 is 5.43 Å². The fraction of sp³-hybridized carbons (Fsp3) is 0.143. The number of benzene rings is 1. The molecule has 0 saturated carbocycles. The molecule has 0 saturated heterocycles. The number of hydrogen-bond donors (Lipinski definition) is 1. The third-order valence-corrected chi connectivity index (χ3v) is 3.31. The number of aryl methyl sites for hydroxylation is 2. The summed E-state index contributed by atoms with van der Waals surface area (Å²) >= 11 is 6.06. The van der Waals surface area contributed by atoms with Crippen LogP contribution >= 0.6 is 11.6 Å². The molecule has 0 unspecified atom stereocenters. The maximum Gasteiger partial charge on any atom is 0.341 e. The summed E-state index contributed by atoms with van der Waals surface area (Å²) in [6.45, 7) is 3.62. The summed E-state index contributed by atoms with van der Waals surface area (Å²) in [6.07, 6.45) is 1.32. The molecule has 19 heavy (non-hydrogen) atoms. The zero-order valence-electron chi connectivity index (χ0n) is 10.5. The summed E-state index contributed by atoms with van der Waals surface area (Å²) in [4.78, 5) is 22.6. The van der Waals surface area contributed by atoms with Crippen LogP contribution in [0.3, 0.4) is 0 Å². The standard InChI is InChI=1S/C14H12ClNO3/c1-8-3-4-10(6-12(8)15)16-7-11(14(18)19)13(17)5-9(16)2/h3-7H,1-2H3,(H,18,19). The van der Waals surface area contributed by atoms with Crippen LogP contribution in [0.2, 0.25) is 5.02 Å². The Kier molecular flexibility index (Phi) is 3.44. The number of pyridine rings is 1. The zero-order valence-corrected chi connectivity index (χ0v) is 11.2. The van der Waals surface area contributed by atoms with Crippen LogP contribution in [0.1, 0.15) is 21.6 Å². The van der Waals surface area contributed by atoms with Crippen LogP contribution in [0.5, 0.6) is 0 Å². The van der Waals surface area contributed by atoms with Crippen molar-refractivity contribution >= 4 is 17.6 Å². The number of rotatable bonds is 2. The lowest BCUT2D eigenvalue weighted by Gasteiger charge is -2.12. The van der Waals surface area contributed by atoms with Gasteiger partial charge in [0.2, 0.25) is 0 Å². The molecule has 5 heteroatoms. The van der Waals surface area contributed by atoms with E-state index in [1.165, 1.54) is 12.3 Å². The fourth-order valence-corrected chi connectivity index (χ4v) is 1.98. The van der Waals surface area contributed by atoms with Crippen molar-refractivity contribution in [1.29, 1.82) is 0 Å². The van der Waals surface area contributed by atoms with Gasteiger partial charge in [-0.1, -0.05) is 17.7 Å². The van der Waals surface area contributed by atoms with Crippen molar-refractivity contribution in [2.75, 3.05) is 0 Å². The molecule has 0 spiro atoms. The van der Waals surface area contributed by atoms with Crippen LogP contribution in [0.4, 0.5) is 0 Å². The van der Waals surface area contributed by atoms with Crippen molar-refractivity contribution < 1.29 is 9.90 Å². The SMILES string of the molecule is Cc1ccc(-n2cc(C(=O)O)c(=O)cc2C)cc1Cl. The van der Waals surface area contributed by atoms with E-state index in [0.717, 1.165) is 11.3 Å². The first-order valence-electron chi connectivity index (χ1n) is 5.63. The zero-order chi connectivity index (χ0) is 14.2. The molecule has 0 bridgehead atoms. The molecular formula is C14H12ClNO3. The van der Waals surface area contributed by atoms with Crippen molar-refractivity contribution in [2.24, 2.45) is 0 Å². The normalized spacial score (nSPS) is 10.5. The molecule has 4 nitrogen and oxygen atoms in total. The first-order valence-corrected chi connectivity index (χ1v) is 6.01. The van der Waals surface area contributed by atoms with Gasteiger partial charge in [0.1, 0.15) is 5.56 Å². The molecule has 2 rings (SSSR count). The van der Waals surface area contributed by atoms with Gasteiger partial charge in [0.15, 0.2) is 5.43 Å². The summed E-state index contributed by atoms with van der Waals surface area (Å²) in [5, 5.41) is 9.58. The largest absolute Gasteiger partial charge is 0.477 e. The van der Waals surface area contributed by atoms with Crippen LogP contribution in [0.15, 0.2) is 35.3 Å².